The zero-order valence-corrected chi connectivity index (χ0v) is 16.8. The van der Waals surface area contributed by atoms with Crippen LogP contribution in [-0.4, -0.2) is 14.2 Å². The molecule has 0 saturated heterocycles. The molecule has 0 bridgehead atoms. The van der Waals surface area contributed by atoms with Crippen LogP contribution >= 0.6 is 0 Å². The van der Waals surface area contributed by atoms with E-state index in [4.69, 9.17) is 14.2 Å². The Morgan fingerprint density at radius 2 is 1.48 bits per heavy atom. The van der Waals surface area contributed by atoms with Crippen LogP contribution in [0.1, 0.15) is 22.3 Å². The Kier molecular flexibility index (Phi) is 7.61. The van der Waals surface area contributed by atoms with Crippen LogP contribution < -0.4 is 14.8 Å². The van der Waals surface area contributed by atoms with Crippen LogP contribution in [0.3, 0.4) is 0 Å². The molecule has 29 heavy (non-hydrogen) atoms. The van der Waals surface area contributed by atoms with Gasteiger partial charge in [0, 0.05) is 20.2 Å². The molecule has 4 nitrogen and oxygen atoms in total. The average molecular weight is 395 g/mol. The lowest BCUT2D eigenvalue weighted by Crippen LogP contribution is -2.14. The molecule has 0 aromatic heterocycles. The predicted octanol–water partition coefficient (Wildman–Crippen LogP) is 4.85. The third-order valence-corrected chi connectivity index (χ3v) is 4.60. The summed E-state index contributed by atoms with van der Waals surface area (Å²) in [5.74, 6) is 1.07. The van der Waals surface area contributed by atoms with Gasteiger partial charge in [-0.15, -0.1) is 0 Å². The normalized spacial score (nSPS) is 10.7. The maximum atomic E-state index is 13.0. The van der Waals surface area contributed by atoms with E-state index in [1.54, 1.807) is 26.4 Å². The molecule has 0 spiro atoms. The van der Waals surface area contributed by atoms with Crippen LogP contribution in [0.5, 0.6) is 11.5 Å². The Morgan fingerprint density at radius 1 is 0.759 bits per heavy atom. The van der Waals surface area contributed by atoms with Gasteiger partial charge in [-0.2, -0.15) is 0 Å². The van der Waals surface area contributed by atoms with Gasteiger partial charge in [-0.1, -0.05) is 42.5 Å². The van der Waals surface area contributed by atoms with E-state index in [0.29, 0.717) is 31.3 Å². The van der Waals surface area contributed by atoms with E-state index in [2.05, 4.69) is 17.4 Å². The Bertz CT molecular complexity index is 912. The van der Waals surface area contributed by atoms with Crippen molar-refractivity contribution < 1.29 is 18.6 Å². The molecular weight excluding hydrogens is 369 g/mol. The SMILES string of the molecule is COCc1ccccc1CNCc1ccc(OCc2ccc(F)cc2)c(OC)c1. The maximum Gasteiger partial charge on any atom is 0.161 e. The summed E-state index contributed by atoms with van der Waals surface area (Å²) in [6, 6.07) is 20.4. The standard InChI is InChI=1S/C24H26FNO3/c1-27-17-21-6-4-3-5-20(21)15-26-14-19-9-12-23(24(13-19)28-2)29-16-18-7-10-22(25)11-8-18/h3-13,26H,14-17H2,1-2H3. The zero-order valence-electron chi connectivity index (χ0n) is 16.8. The third-order valence-electron chi connectivity index (χ3n) is 4.60. The minimum Gasteiger partial charge on any atom is -0.493 e. The van der Waals surface area contributed by atoms with Crippen LogP contribution in [0.25, 0.3) is 0 Å². The molecule has 0 unspecified atom stereocenters. The van der Waals surface area contributed by atoms with Crippen molar-refractivity contribution in [3.63, 3.8) is 0 Å². The highest BCUT2D eigenvalue weighted by atomic mass is 19.1. The quantitative estimate of drug-likeness (QED) is 0.533. The van der Waals surface area contributed by atoms with Gasteiger partial charge < -0.3 is 19.5 Å². The van der Waals surface area contributed by atoms with Gasteiger partial charge >= 0.3 is 0 Å². The fourth-order valence-corrected chi connectivity index (χ4v) is 3.05. The minimum atomic E-state index is -0.256. The number of benzene rings is 3. The first-order chi connectivity index (χ1) is 14.2. The monoisotopic (exact) mass is 395 g/mol. The summed E-state index contributed by atoms with van der Waals surface area (Å²) in [5, 5.41) is 3.46. The zero-order chi connectivity index (χ0) is 20.5. The highest BCUT2D eigenvalue weighted by molar-refractivity contribution is 5.43. The van der Waals surface area contributed by atoms with Crippen molar-refractivity contribution in [3.05, 3.63) is 94.8 Å². The molecule has 0 aliphatic carbocycles. The van der Waals surface area contributed by atoms with Gasteiger partial charge in [0.1, 0.15) is 12.4 Å². The molecule has 0 saturated carbocycles. The molecule has 0 atom stereocenters. The number of nitrogens with one attached hydrogen (secondary N) is 1. The number of methoxy groups -OCH3 is 2. The second-order valence-electron chi connectivity index (χ2n) is 6.71. The summed E-state index contributed by atoms with van der Waals surface area (Å²) in [6.45, 7) is 2.41. The Balaban J connectivity index is 1.58. The van der Waals surface area contributed by atoms with Gasteiger partial charge in [0.25, 0.3) is 0 Å². The summed E-state index contributed by atoms with van der Waals surface area (Å²) in [7, 11) is 3.33. The molecular formula is C24H26FNO3. The smallest absolute Gasteiger partial charge is 0.161 e. The van der Waals surface area contributed by atoms with Crippen molar-refractivity contribution in [1.82, 2.24) is 5.32 Å². The van der Waals surface area contributed by atoms with E-state index in [-0.39, 0.29) is 5.82 Å². The fourth-order valence-electron chi connectivity index (χ4n) is 3.05. The highest BCUT2D eigenvalue weighted by Crippen LogP contribution is 2.29. The van der Waals surface area contributed by atoms with Crippen molar-refractivity contribution in [3.8, 4) is 11.5 Å². The van der Waals surface area contributed by atoms with Gasteiger partial charge in [0.15, 0.2) is 11.5 Å². The lowest BCUT2D eigenvalue weighted by molar-refractivity contribution is 0.184. The maximum absolute atomic E-state index is 13.0. The summed E-state index contributed by atoms with van der Waals surface area (Å²) < 4.78 is 29.6. The highest BCUT2D eigenvalue weighted by Gasteiger charge is 2.07. The van der Waals surface area contributed by atoms with E-state index >= 15 is 0 Å². The minimum absolute atomic E-state index is 0.256. The number of hydrogen-bond acceptors (Lipinski definition) is 4. The molecule has 0 heterocycles. The lowest BCUT2D eigenvalue weighted by Gasteiger charge is -2.13. The molecule has 0 aliphatic heterocycles. The number of hydrogen-bond donors (Lipinski definition) is 1. The number of rotatable bonds is 10. The molecule has 0 amide bonds. The Hall–Kier alpha value is -2.89. The Labute approximate surface area is 171 Å². The summed E-state index contributed by atoms with van der Waals surface area (Å²) in [6.07, 6.45) is 0. The van der Waals surface area contributed by atoms with Crippen molar-refractivity contribution in [2.75, 3.05) is 14.2 Å². The summed E-state index contributed by atoms with van der Waals surface area (Å²) in [5.41, 5.74) is 4.40. The summed E-state index contributed by atoms with van der Waals surface area (Å²) in [4.78, 5) is 0. The molecule has 0 fully saturated rings. The van der Waals surface area contributed by atoms with Crippen LogP contribution in [-0.2, 0) is 31.0 Å². The van der Waals surface area contributed by atoms with Gasteiger partial charge in [-0.05, 0) is 46.5 Å². The number of ether oxygens (including phenoxy) is 3. The second kappa shape index (κ2) is 10.6. The molecule has 0 aliphatic rings. The van der Waals surface area contributed by atoms with Crippen molar-refractivity contribution >= 4 is 0 Å². The van der Waals surface area contributed by atoms with Crippen LogP contribution in [0.4, 0.5) is 4.39 Å². The van der Waals surface area contributed by atoms with Gasteiger partial charge in [0.2, 0.25) is 0 Å². The first-order valence-corrected chi connectivity index (χ1v) is 9.50. The van der Waals surface area contributed by atoms with E-state index < -0.39 is 0 Å². The van der Waals surface area contributed by atoms with Crippen LogP contribution in [0.15, 0.2) is 66.7 Å². The number of halogens is 1. The van der Waals surface area contributed by atoms with Gasteiger partial charge in [-0.3, -0.25) is 0 Å². The van der Waals surface area contributed by atoms with Crippen molar-refractivity contribution in [1.29, 1.82) is 0 Å². The topological polar surface area (TPSA) is 39.7 Å². The van der Waals surface area contributed by atoms with Crippen molar-refractivity contribution in [2.45, 2.75) is 26.3 Å². The van der Waals surface area contributed by atoms with E-state index in [0.717, 1.165) is 17.7 Å². The van der Waals surface area contributed by atoms with Gasteiger partial charge in [-0.25, -0.2) is 4.39 Å². The van der Waals surface area contributed by atoms with E-state index in [1.807, 2.05) is 30.3 Å². The van der Waals surface area contributed by atoms with E-state index in [1.165, 1.54) is 23.3 Å². The molecule has 152 valence electrons. The van der Waals surface area contributed by atoms with Crippen LogP contribution in [0, 0.1) is 5.82 Å². The molecule has 1 N–H and O–H groups in total. The molecule has 3 aromatic carbocycles. The predicted molar refractivity (Wildman–Crippen MR) is 111 cm³/mol. The average Bonchev–Trinajstić information content (AvgIpc) is 2.75. The fraction of sp³-hybridized carbons (Fsp3) is 0.250. The Morgan fingerprint density at radius 3 is 2.21 bits per heavy atom. The van der Waals surface area contributed by atoms with Crippen molar-refractivity contribution in [2.24, 2.45) is 0 Å². The molecule has 3 aromatic rings. The van der Waals surface area contributed by atoms with E-state index in [9.17, 15) is 4.39 Å². The largest absolute Gasteiger partial charge is 0.493 e. The third kappa shape index (κ3) is 6.04. The first-order valence-electron chi connectivity index (χ1n) is 9.50. The molecule has 3 rings (SSSR count). The molecule has 0 radical (unpaired) electrons. The second-order valence-corrected chi connectivity index (χ2v) is 6.71. The van der Waals surface area contributed by atoms with Crippen LogP contribution in [0.2, 0.25) is 0 Å². The summed E-state index contributed by atoms with van der Waals surface area (Å²) >= 11 is 0. The first kappa shape index (κ1) is 20.8. The van der Waals surface area contributed by atoms with Gasteiger partial charge in [0.05, 0.1) is 13.7 Å². The lowest BCUT2D eigenvalue weighted by atomic mass is 10.1. The molecule has 5 heteroatoms.